The lowest BCUT2D eigenvalue weighted by Crippen LogP contribution is -3.00. The van der Waals surface area contributed by atoms with E-state index in [4.69, 9.17) is 9.47 Å². The third-order valence-corrected chi connectivity index (χ3v) is 11.0. The maximum Gasteiger partial charge on any atom is 0.329 e. The number of nitrogens with one attached hydrogen (secondary N) is 2. The lowest BCUT2D eigenvalue weighted by molar-refractivity contribution is -0.419. The number of nitrogens with zero attached hydrogens (tertiary/aromatic N) is 2. The molecule has 15 heteroatoms. The fourth-order valence-corrected chi connectivity index (χ4v) is 7.23. The highest BCUT2D eigenvalue weighted by Crippen LogP contribution is 2.26. The average Bonchev–Trinajstić information content (AvgIpc) is 3.62. The summed E-state index contributed by atoms with van der Waals surface area (Å²) in [6, 6.07) is 2.16. The van der Waals surface area contributed by atoms with Crippen LogP contribution in [0, 0.1) is 23.7 Å². The minimum atomic E-state index is -1.26. The monoisotopic (exact) mass is 793 g/mol. The Balaban J connectivity index is 0.0000105. The van der Waals surface area contributed by atoms with Crippen LogP contribution < -0.4 is 33.5 Å². The van der Waals surface area contributed by atoms with Crippen molar-refractivity contribution in [1.82, 2.24) is 20.4 Å². The molecule has 6 N–H and O–H groups in total. The number of esters is 1. The summed E-state index contributed by atoms with van der Waals surface area (Å²) in [6.07, 6.45) is -0.891. The number of halogens is 1. The fourth-order valence-electron chi connectivity index (χ4n) is 7.23. The third-order valence-electron chi connectivity index (χ3n) is 11.0. The van der Waals surface area contributed by atoms with E-state index < -0.39 is 77.9 Å². The minimum Gasteiger partial charge on any atom is -1.00 e. The zero-order valence-electron chi connectivity index (χ0n) is 34.0. The Bertz CT molecular complexity index is 1470. The second-order valence-electron chi connectivity index (χ2n) is 15.9. The number of ether oxygens (including phenoxy) is 2. The number of carbonyl (C=O) groups is 6. The Hall–Kier alpha value is -3.75. The molecule has 2 saturated heterocycles. The van der Waals surface area contributed by atoms with Crippen LogP contribution >= 0.6 is 0 Å². The van der Waals surface area contributed by atoms with Gasteiger partial charge in [0, 0.05) is 38.8 Å². The van der Waals surface area contributed by atoms with Gasteiger partial charge in [-0.1, -0.05) is 60.1 Å². The van der Waals surface area contributed by atoms with Crippen molar-refractivity contribution < 1.29 is 61.5 Å². The van der Waals surface area contributed by atoms with Crippen molar-refractivity contribution in [2.75, 3.05) is 20.7 Å². The Labute approximate surface area is 332 Å². The molecule has 9 atom stereocenters. The summed E-state index contributed by atoms with van der Waals surface area (Å²) >= 11 is 0. The van der Waals surface area contributed by atoms with E-state index in [2.05, 4.69) is 16.4 Å². The molecule has 0 spiro atoms. The molecule has 14 nitrogen and oxygen atoms in total. The normalized spacial score (nSPS) is 28.8. The summed E-state index contributed by atoms with van der Waals surface area (Å²) in [5.74, 6) is -3.68. The topological polar surface area (TPSA) is 199 Å². The van der Waals surface area contributed by atoms with E-state index in [9.17, 15) is 33.9 Å². The zero-order valence-corrected chi connectivity index (χ0v) is 34.8. The Morgan fingerprint density at radius 2 is 1.60 bits per heavy atom. The van der Waals surface area contributed by atoms with Gasteiger partial charge in [-0.2, -0.15) is 0 Å². The van der Waals surface area contributed by atoms with Gasteiger partial charge in [-0.05, 0) is 61.6 Å². The number of fused-ring (bicyclic) bond motifs is 1. The van der Waals surface area contributed by atoms with E-state index in [0.29, 0.717) is 31.4 Å². The van der Waals surface area contributed by atoms with E-state index in [1.807, 2.05) is 41.5 Å². The quantitative estimate of drug-likeness (QED) is 0.230. The van der Waals surface area contributed by atoms with Crippen LogP contribution in [0.5, 0.6) is 5.75 Å². The molecule has 4 amide bonds. The van der Waals surface area contributed by atoms with Crippen LogP contribution in [0.15, 0.2) is 24.3 Å². The van der Waals surface area contributed by atoms with E-state index in [0.717, 1.165) is 5.56 Å². The summed E-state index contributed by atoms with van der Waals surface area (Å²) < 4.78 is 11.1. The van der Waals surface area contributed by atoms with E-state index in [1.165, 1.54) is 23.8 Å². The molecule has 0 saturated carbocycles. The SMILES string of the molecule is CC[C@H](C)[C@H]1NC(=O)[C@@H]([NH3+])[C@@H](C)OC(=O)[C@H](Cc2ccc(OC)cc2)N(C)C(=O)[C@@H]2CCCN2C(=O)[C@H](CC(C)C)NC(=O)[C@H](C(C)C)CC(=O)C[C@@H]1O.[Cl-]. The van der Waals surface area contributed by atoms with Crippen molar-refractivity contribution in [2.45, 2.75) is 136 Å². The minimum absolute atomic E-state index is 0. The van der Waals surface area contributed by atoms with Crippen LogP contribution in [0.2, 0.25) is 0 Å². The van der Waals surface area contributed by atoms with Crippen molar-refractivity contribution in [3.8, 4) is 5.75 Å². The van der Waals surface area contributed by atoms with Gasteiger partial charge in [0.2, 0.25) is 23.8 Å². The van der Waals surface area contributed by atoms with Gasteiger partial charge in [0.15, 0.2) is 6.10 Å². The van der Waals surface area contributed by atoms with E-state index >= 15 is 0 Å². The average molecular weight is 794 g/mol. The molecule has 3 rings (SSSR count). The first-order valence-corrected chi connectivity index (χ1v) is 19.4. The molecule has 55 heavy (non-hydrogen) atoms. The molecular weight excluding hydrogens is 730 g/mol. The van der Waals surface area contributed by atoms with Crippen molar-refractivity contribution in [3.05, 3.63) is 29.8 Å². The molecule has 2 heterocycles. The largest absolute Gasteiger partial charge is 1.00 e. The number of Topliss-reactive ketones (excluding diaryl/α,β-unsaturated/α-hetero) is 1. The summed E-state index contributed by atoms with van der Waals surface area (Å²) in [5.41, 5.74) is 4.70. The number of cyclic esters (lactones) is 1. The maximum absolute atomic E-state index is 14.3. The summed E-state index contributed by atoms with van der Waals surface area (Å²) in [5, 5.41) is 17.1. The number of hydrogen-bond acceptors (Lipinski definition) is 9. The standard InChI is InChI=1S/C40H63N5O9.ClH/c1-10-24(6)35-33(47)21-27(46)20-29(23(4)5)36(48)42-30(18-22(2)3)38(50)45-17-11-12-31(45)39(51)44(8)32(19-26-13-15-28(53-9)16-14-26)40(52)54-25(7)34(41)37(49)43-35;/h13-16,22-25,29-35,47H,10-12,17-21,41H2,1-9H3,(H,42,48)(H,43,49);1H/t24-,25+,29-,30-,31-,32-,33-,34-,35+;/m0./s1. The summed E-state index contributed by atoms with van der Waals surface area (Å²) in [4.78, 5) is 86.3. The highest BCUT2D eigenvalue weighted by molar-refractivity contribution is 5.95. The lowest BCUT2D eigenvalue weighted by Gasteiger charge is -2.35. The molecule has 2 aliphatic heterocycles. The number of rotatable bonds is 8. The van der Waals surface area contributed by atoms with Crippen LogP contribution in [-0.4, -0.2) is 113 Å². The van der Waals surface area contributed by atoms with Gasteiger partial charge in [-0.3, -0.25) is 24.0 Å². The molecular formula is C40H64ClN5O9. The van der Waals surface area contributed by atoms with Crippen LogP contribution in [0.1, 0.15) is 92.6 Å². The van der Waals surface area contributed by atoms with Crippen LogP contribution in [-0.2, 0) is 39.9 Å². The van der Waals surface area contributed by atoms with Gasteiger partial charge in [0.05, 0.1) is 19.3 Å². The molecule has 0 aliphatic carbocycles. The van der Waals surface area contributed by atoms with Crippen LogP contribution in [0.4, 0.5) is 0 Å². The van der Waals surface area contributed by atoms with Gasteiger partial charge >= 0.3 is 5.97 Å². The van der Waals surface area contributed by atoms with E-state index in [1.54, 1.807) is 31.4 Å². The first-order valence-electron chi connectivity index (χ1n) is 19.4. The van der Waals surface area contributed by atoms with Crippen molar-refractivity contribution >= 4 is 35.4 Å². The molecule has 0 unspecified atom stereocenters. The van der Waals surface area contributed by atoms with Crippen molar-refractivity contribution in [3.63, 3.8) is 0 Å². The van der Waals surface area contributed by atoms with Gasteiger partial charge in [-0.15, -0.1) is 0 Å². The molecule has 1 aromatic carbocycles. The highest BCUT2D eigenvalue weighted by atomic mass is 35.5. The van der Waals surface area contributed by atoms with Gasteiger partial charge in [0.1, 0.15) is 29.7 Å². The number of aliphatic hydroxyl groups is 1. The summed E-state index contributed by atoms with van der Waals surface area (Å²) in [6.45, 7) is 13.1. The highest BCUT2D eigenvalue weighted by Gasteiger charge is 2.43. The van der Waals surface area contributed by atoms with Crippen molar-refractivity contribution in [2.24, 2.45) is 23.7 Å². The van der Waals surface area contributed by atoms with Crippen molar-refractivity contribution in [1.29, 1.82) is 0 Å². The van der Waals surface area contributed by atoms with Gasteiger partial charge in [-0.25, -0.2) is 4.79 Å². The number of carbonyl (C=O) groups excluding carboxylic acids is 6. The first-order chi connectivity index (χ1) is 25.4. The molecule has 2 aliphatic rings. The fraction of sp³-hybridized carbons (Fsp3) is 0.700. The predicted octanol–water partition coefficient (Wildman–Crippen LogP) is -1.34. The van der Waals surface area contributed by atoms with Gasteiger partial charge < -0.3 is 53.2 Å². The smallest absolute Gasteiger partial charge is 0.329 e. The third kappa shape index (κ3) is 12.6. The number of benzene rings is 1. The molecule has 2 fully saturated rings. The molecule has 310 valence electrons. The summed E-state index contributed by atoms with van der Waals surface area (Å²) in [7, 11) is 3.05. The zero-order chi connectivity index (χ0) is 40.4. The van der Waals surface area contributed by atoms with Gasteiger partial charge in [0.25, 0.3) is 5.91 Å². The van der Waals surface area contributed by atoms with E-state index in [-0.39, 0.29) is 61.8 Å². The predicted molar refractivity (Wildman–Crippen MR) is 202 cm³/mol. The Morgan fingerprint density at radius 3 is 2.16 bits per heavy atom. The number of amides is 4. The van der Waals surface area contributed by atoms with Crippen LogP contribution in [0.25, 0.3) is 0 Å². The molecule has 0 bridgehead atoms. The second-order valence-corrected chi connectivity index (χ2v) is 15.9. The number of likely N-dealkylation sites (N-methyl/N-ethyl adjacent to an activating group) is 1. The number of methoxy groups -OCH3 is 1. The molecule has 0 radical (unpaired) electrons. The molecule has 1 aromatic rings. The number of hydrogen-bond donors (Lipinski definition) is 4. The first kappa shape index (κ1) is 47.4. The number of quaternary nitrogens is 1. The lowest BCUT2D eigenvalue weighted by atomic mass is 9.85. The maximum atomic E-state index is 14.3. The molecule has 0 aromatic heterocycles. The Kier molecular flexibility index (Phi) is 18.6. The number of aliphatic hydroxyl groups excluding tert-OH is 1. The number of ketones is 1. The Morgan fingerprint density at radius 1 is 0.964 bits per heavy atom. The second kappa shape index (κ2) is 21.5. The van der Waals surface area contributed by atoms with Crippen LogP contribution in [0.3, 0.4) is 0 Å².